The van der Waals surface area contributed by atoms with E-state index in [2.05, 4.69) is 6.07 Å². The van der Waals surface area contributed by atoms with Crippen LogP contribution in [0.4, 0.5) is 0 Å². The molecule has 0 atom stereocenters. The number of ether oxygens (including phenoxy) is 2. The summed E-state index contributed by atoms with van der Waals surface area (Å²) in [6.07, 6.45) is 0.241. The van der Waals surface area contributed by atoms with E-state index in [1.54, 1.807) is 6.07 Å². The van der Waals surface area contributed by atoms with Gasteiger partial charge in [-0.05, 0) is 31.5 Å². The van der Waals surface area contributed by atoms with Gasteiger partial charge in [-0.25, -0.2) is 0 Å². The second kappa shape index (κ2) is 7.00. The van der Waals surface area contributed by atoms with Crippen molar-refractivity contribution < 1.29 is 9.47 Å². The SMILES string of the molecule is CC(C)OCCOCc1cccc(C#N)c1. The molecule has 0 saturated heterocycles. The summed E-state index contributed by atoms with van der Waals surface area (Å²) >= 11 is 0. The topological polar surface area (TPSA) is 42.2 Å². The number of hydrogen-bond acceptors (Lipinski definition) is 3. The molecule has 0 spiro atoms. The van der Waals surface area contributed by atoms with Gasteiger partial charge < -0.3 is 9.47 Å². The normalized spacial score (nSPS) is 10.4. The molecule has 0 heterocycles. The number of nitriles is 1. The predicted molar refractivity (Wildman–Crippen MR) is 61.9 cm³/mol. The van der Waals surface area contributed by atoms with E-state index in [9.17, 15) is 0 Å². The highest BCUT2D eigenvalue weighted by molar-refractivity contribution is 5.32. The van der Waals surface area contributed by atoms with Gasteiger partial charge in [-0.3, -0.25) is 0 Å². The first-order valence-corrected chi connectivity index (χ1v) is 5.40. The Morgan fingerprint density at radius 3 is 2.81 bits per heavy atom. The van der Waals surface area contributed by atoms with Crippen LogP contribution in [0.15, 0.2) is 24.3 Å². The Balaban J connectivity index is 2.24. The fraction of sp³-hybridized carbons (Fsp3) is 0.462. The molecule has 0 saturated carbocycles. The molecule has 0 fully saturated rings. The zero-order valence-corrected chi connectivity index (χ0v) is 9.77. The van der Waals surface area contributed by atoms with Gasteiger partial charge in [-0.15, -0.1) is 0 Å². The van der Waals surface area contributed by atoms with Crippen molar-refractivity contribution in [3.05, 3.63) is 35.4 Å². The quantitative estimate of drug-likeness (QED) is 0.690. The maximum Gasteiger partial charge on any atom is 0.0991 e. The smallest absolute Gasteiger partial charge is 0.0991 e. The molecule has 0 aliphatic rings. The van der Waals surface area contributed by atoms with Crippen LogP contribution in [-0.2, 0) is 16.1 Å². The molecule has 1 aromatic carbocycles. The first kappa shape index (κ1) is 12.7. The minimum absolute atomic E-state index is 0.241. The molecule has 0 aliphatic carbocycles. The third kappa shape index (κ3) is 4.92. The van der Waals surface area contributed by atoms with Crippen molar-refractivity contribution in [2.75, 3.05) is 13.2 Å². The summed E-state index contributed by atoms with van der Waals surface area (Å²) in [6, 6.07) is 9.53. The number of hydrogen-bond donors (Lipinski definition) is 0. The standard InChI is InChI=1S/C13H17NO2/c1-11(2)16-7-6-15-10-13-5-3-4-12(8-13)9-14/h3-5,8,11H,6-7,10H2,1-2H3. The van der Waals surface area contributed by atoms with E-state index in [0.717, 1.165) is 5.56 Å². The van der Waals surface area contributed by atoms with Gasteiger partial charge in [-0.1, -0.05) is 12.1 Å². The van der Waals surface area contributed by atoms with Crippen molar-refractivity contribution >= 4 is 0 Å². The first-order valence-electron chi connectivity index (χ1n) is 5.40. The van der Waals surface area contributed by atoms with Gasteiger partial charge >= 0.3 is 0 Å². The van der Waals surface area contributed by atoms with E-state index >= 15 is 0 Å². The first-order chi connectivity index (χ1) is 7.72. The van der Waals surface area contributed by atoms with Crippen LogP contribution in [0.2, 0.25) is 0 Å². The Morgan fingerprint density at radius 1 is 1.31 bits per heavy atom. The van der Waals surface area contributed by atoms with Gasteiger partial charge in [0.05, 0.1) is 37.6 Å². The fourth-order valence-corrected chi connectivity index (χ4v) is 1.26. The summed E-state index contributed by atoms with van der Waals surface area (Å²) in [5, 5.41) is 8.72. The van der Waals surface area contributed by atoms with E-state index in [-0.39, 0.29) is 6.10 Å². The molecule has 16 heavy (non-hydrogen) atoms. The third-order valence-corrected chi connectivity index (χ3v) is 2.00. The van der Waals surface area contributed by atoms with Gasteiger partial charge in [-0.2, -0.15) is 5.26 Å². The summed E-state index contributed by atoms with van der Waals surface area (Å²) in [4.78, 5) is 0. The van der Waals surface area contributed by atoms with E-state index in [4.69, 9.17) is 14.7 Å². The maximum absolute atomic E-state index is 8.72. The lowest BCUT2D eigenvalue weighted by Gasteiger charge is -2.08. The zero-order chi connectivity index (χ0) is 11.8. The van der Waals surface area contributed by atoms with Gasteiger partial charge in [0.15, 0.2) is 0 Å². The molecule has 0 unspecified atom stereocenters. The molecule has 0 bridgehead atoms. The number of benzene rings is 1. The minimum atomic E-state index is 0.241. The molecule has 0 N–H and O–H groups in total. The molecule has 0 radical (unpaired) electrons. The minimum Gasteiger partial charge on any atom is -0.376 e. The van der Waals surface area contributed by atoms with E-state index in [1.165, 1.54) is 0 Å². The van der Waals surface area contributed by atoms with Crippen LogP contribution in [0.1, 0.15) is 25.0 Å². The summed E-state index contributed by atoms with van der Waals surface area (Å²) in [5.41, 5.74) is 1.68. The van der Waals surface area contributed by atoms with Crippen molar-refractivity contribution in [3.8, 4) is 6.07 Å². The van der Waals surface area contributed by atoms with Gasteiger partial charge in [0.1, 0.15) is 0 Å². The lowest BCUT2D eigenvalue weighted by Crippen LogP contribution is -2.09. The molecule has 1 rings (SSSR count). The average Bonchev–Trinajstić information content (AvgIpc) is 2.28. The van der Waals surface area contributed by atoms with Crippen LogP contribution >= 0.6 is 0 Å². The Bertz CT molecular complexity index is 355. The molecule has 0 aliphatic heterocycles. The third-order valence-electron chi connectivity index (χ3n) is 2.00. The predicted octanol–water partition coefficient (Wildman–Crippen LogP) is 2.50. The van der Waals surface area contributed by atoms with Gasteiger partial charge in [0, 0.05) is 0 Å². The molecule has 3 nitrogen and oxygen atoms in total. The van der Waals surface area contributed by atoms with Crippen molar-refractivity contribution in [2.24, 2.45) is 0 Å². The summed E-state index contributed by atoms with van der Waals surface area (Å²) in [7, 11) is 0. The Morgan fingerprint density at radius 2 is 2.12 bits per heavy atom. The lowest BCUT2D eigenvalue weighted by molar-refractivity contribution is 0.0143. The van der Waals surface area contributed by atoms with Crippen LogP contribution in [0.25, 0.3) is 0 Å². The Hall–Kier alpha value is -1.37. The highest BCUT2D eigenvalue weighted by Gasteiger charge is 1.96. The lowest BCUT2D eigenvalue weighted by atomic mass is 10.1. The monoisotopic (exact) mass is 219 g/mol. The summed E-state index contributed by atoms with van der Waals surface area (Å²) < 4.78 is 10.8. The van der Waals surface area contributed by atoms with Crippen LogP contribution in [0, 0.1) is 11.3 Å². The van der Waals surface area contributed by atoms with Crippen LogP contribution < -0.4 is 0 Å². The number of rotatable bonds is 6. The largest absolute Gasteiger partial charge is 0.376 e. The fourth-order valence-electron chi connectivity index (χ4n) is 1.26. The van der Waals surface area contributed by atoms with E-state index < -0.39 is 0 Å². The van der Waals surface area contributed by atoms with Crippen molar-refractivity contribution in [3.63, 3.8) is 0 Å². The summed E-state index contributed by atoms with van der Waals surface area (Å²) in [5.74, 6) is 0. The van der Waals surface area contributed by atoms with Crippen molar-refractivity contribution in [1.82, 2.24) is 0 Å². The Kier molecular flexibility index (Phi) is 5.55. The molecule has 3 heteroatoms. The second-order valence-electron chi connectivity index (χ2n) is 3.78. The van der Waals surface area contributed by atoms with Crippen LogP contribution in [0.5, 0.6) is 0 Å². The molecule has 1 aromatic rings. The highest BCUT2D eigenvalue weighted by atomic mass is 16.5. The second-order valence-corrected chi connectivity index (χ2v) is 3.78. The van der Waals surface area contributed by atoms with Gasteiger partial charge in [0.2, 0.25) is 0 Å². The molecule has 0 aromatic heterocycles. The molecular weight excluding hydrogens is 202 g/mol. The number of nitrogens with zero attached hydrogens (tertiary/aromatic N) is 1. The van der Waals surface area contributed by atoms with Crippen molar-refractivity contribution in [2.45, 2.75) is 26.6 Å². The Labute approximate surface area is 96.6 Å². The van der Waals surface area contributed by atoms with Crippen molar-refractivity contribution in [1.29, 1.82) is 5.26 Å². The van der Waals surface area contributed by atoms with E-state index in [0.29, 0.717) is 25.4 Å². The highest BCUT2D eigenvalue weighted by Crippen LogP contribution is 2.05. The van der Waals surface area contributed by atoms with Gasteiger partial charge in [0.25, 0.3) is 0 Å². The summed E-state index contributed by atoms with van der Waals surface area (Å²) in [6.45, 7) is 5.70. The average molecular weight is 219 g/mol. The zero-order valence-electron chi connectivity index (χ0n) is 9.77. The molecular formula is C13H17NO2. The molecule has 86 valence electrons. The van der Waals surface area contributed by atoms with E-state index in [1.807, 2.05) is 32.0 Å². The van der Waals surface area contributed by atoms with Crippen LogP contribution in [-0.4, -0.2) is 19.3 Å². The maximum atomic E-state index is 8.72. The molecule has 0 amide bonds. The van der Waals surface area contributed by atoms with Crippen LogP contribution in [0.3, 0.4) is 0 Å².